The van der Waals surface area contributed by atoms with Crippen molar-refractivity contribution in [3.8, 4) is 0 Å². The second-order valence-corrected chi connectivity index (χ2v) is 2.14. The highest BCUT2D eigenvalue weighted by molar-refractivity contribution is 4.57. The summed E-state index contributed by atoms with van der Waals surface area (Å²) in [5, 5.41) is 19.3. The van der Waals surface area contributed by atoms with Crippen molar-refractivity contribution in [3.63, 3.8) is 0 Å². The van der Waals surface area contributed by atoms with E-state index in [9.17, 15) is 10.1 Å². The Bertz CT molecular complexity index is 140. The van der Waals surface area contributed by atoms with E-state index in [0.29, 0.717) is 6.61 Å². The van der Waals surface area contributed by atoms with Gasteiger partial charge in [-0.3, -0.25) is 10.1 Å². The van der Waals surface area contributed by atoms with Gasteiger partial charge in [-0.25, -0.2) is 0 Å². The number of aliphatic hydroxyl groups excluding tert-OH is 1. The Balaban J connectivity index is 3.94. The number of ether oxygens (including phenoxy) is 2. The average Bonchev–Trinajstić information content (AvgIpc) is 2.04. The molecule has 0 radical (unpaired) electrons. The first kappa shape index (κ1) is 11.3. The molecule has 12 heavy (non-hydrogen) atoms. The molecule has 2 atom stereocenters. The van der Waals surface area contributed by atoms with Crippen molar-refractivity contribution in [2.45, 2.75) is 19.3 Å². The molecule has 0 fully saturated rings. The lowest BCUT2D eigenvalue weighted by Gasteiger charge is -2.13. The zero-order chi connectivity index (χ0) is 9.56. The van der Waals surface area contributed by atoms with Gasteiger partial charge in [0.2, 0.25) is 6.29 Å². The molecule has 0 saturated carbocycles. The molecule has 0 heterocycles. The zero-order valence-electron chi connectivity index (χ0n) is 7.10. The summed E-state index contributed by atoms with van der Waals surface area (Å²) in [5.41, 5.74) is 0. The summed E-state index contributed by atoms with van der Waals surface area (Å²) in [6.45, 7) is 1.95. The molecule has 1 N–H and O–H groups in total. The van der Waals surface area contributed by atoms with E-state index >= 15 is 0 Å². The van der Waals surface area contributed by atoms with Gasteiger partial charge in [-0.2, -0.15) is 0 Å². The van der Waals surface area contributed by atoms with E-state index in [-0.39, 0.29) is 6.61 Å². The van der Waals surface area contributed by atoms with Gasteiger partial charge < -0.3 is 14.6 Å². The van der Waals surface area contributed by atoms with Crippen LogP contribution in [0.25, 0.3) is 0 Å². The van der Waals surface area contributed by atoms with Crippen LogP contribution in [0.2, 0.25) is 0 Å². The van der Waals surface area contributed by atoms with Gasteiger partial charge in [0.05, 0.1) is 0 Å². The molecule has 72 valence electrons. The molecule has 0 aliphatic rings. The van der Waals surface area contributed by atoms with Crippen LogP contribution < -0.4 is 0 Å². The van der Waals surface area contributed by atoms with Crippen LogP contribution in [-0.4, -0.2) is 42.7 Å². The summed E-state index contributed by atoms with van der Waals surface area (Å²) < 4.78 is 9.20. The molecule has 0 rings (SSSR count). The van der Waals surface area contributed by atoms with Crippen LogP contribution in [0.4, 0.5) is 0 Å². The van der Waals surface area contributed by atoms with Gasteiger partial charge in [0, 0.05) is 18.6 Å². The maximum atomic E-state index is 10.3. The van der Waals surface area contributed by atoms with Crippen LogP contribution in [0.1, 0.15) is 6.92 Å². The van der Waals surface area contributed by atoms with E-state index in [2.05, 4.69) is 4.74 Å². The van der Waals surface area contributed by atoms with E-state index in [0.717, 1.165) is 0 Å². The van der Waals surface area contributed by atoms with Gasteiger partial charge in [-0.15, -0.1) is 0 Å². The Hall–Kier alpha value is -0.720. The number of rotatable bonds is 6. The predicted molar refractivity (Wildman–Crippen MR) is 40.3 cm³/mol. The third-order valence-electron chi connectivity index (χ3n) is 1.33. The second kappa shape index (κ2) is 5.87. The number of hydrogen-bond acceptors (Lipinski definition) is 5. The number of aliphatic hydroxyl groups is 1. The van der Waals surface area contributed by atoms with Crippen LogP contribution >= 0.6 is 0 Å². The second-order valence-electron chi connectivity index (χ2n) is 2.14. The molecule has 0 amide bonds. The minimum Gasteiger partial charge on any atom is -0.374 e. The number of hydrogen-bond donors (Lipinski definition) is 1. The molecule has 0 saturated heterocycles. The molecule has 6 heteroatoms. The minimum absolute atomic E-state index is 0.140. The lowest BCUT2D eigenvalue weighted by atomic mass is 10.3. The van der Waals surface area contributed by atoms with Crippen molar-refractivity contribution in [3.05, 3.63) is 10.1 Å². The van der Waals surface area contributed by atoms with E-state index in [4.69, 9.17) is 9.84 Å². The molecule has 0 aromatic rings. The van der Waals surface area contributed by atoms with Gasteiger partial charge in [-0.05, 0) is 6.92 Å². The lowest BCUT2D eigenvalue weighted by Crippen LogP contribution is -2.38. The van der Waals surface area contributed by atoms with Crippen LogP contribution in [0.3, 0.4) is 0 Å². The highest BCUT2D eigenvalue weighted by Crippen LogP contribution is 1.99. The van der Waals surface area contributed by atoms with E-state index in [1.807, 2.05) is 0 Å². The Morgan fingerprint density at radius 3 is 2.58 bits per heavy atom. The van der Waals surface area contributed by atoms with Crippen LogP contribution in [0.15, 0.2) is 0 Å². The Labute approximate surface area is 70.2 Å². The fourth-order valence-electron chi connectivity index (χ4n) is 0.643. The molecule has 0 aromatic heterocycles. The standard InChI is InChI=1S/C6H13NO5/c1-3-12-4-5(7(9)10)6(8)11-2/h5-6,8H,3-4H2,1-2H3/t5-,6-/m0/s1. The molecule has 0 bridgehead atoms. The summed E-state index contributed by atoms with van der Waals surface area (Å²) in [6, 6.07) is -1.21. The lowest BCUT2D eigenvalue weighted by molar-refractivity contribution is -0.550. The first-order valence-electron chi connectivity index (χ1n) is 3.55. The first-order chi connectivity index (χ1) is 5.63. The van der Waals surface area contributed by atoms with Gasteiger partial charge in [-0.1, -0.05) is 0 Å². The average molecular weight is 179 g/mol. The molecule has 0 unspecified atom stereocenters. The highest BCUT2D eigenvalue weighted by Gasteiger charge is 2.29. The fraction of sp³-hybridized carbons (Fsp3) is 1.00. The molecular weight excluding hydrogens is 166 g/mol. The van der Waals surface area contributed by atoms with E-state index < -0.39 is 17.3 Å². The molecule has 0 aromatic carbocycles. The molecule has 0 aliphatic heterocycles. The maximum absolute atomic E-state index is 10.3. The summed E-state index contributed by atoms with van der Waals surface area (Å²) in [4.78, 5) is 9.67. The van der Waals surface area contributed by atoms with Crippen molar-refractivity contribution >= 4 is 0 Å². The molecular formula is C6H13NO5. The zero-order valence-corrected chi connectivity index (χ0v) is 7.10. The minimum atomic E-state index is -1.41. The molecule has 0 spiro atoms. The van der Waals surface area contributed by atoms with Crippen molar-refractivity contribution in [2.75, 3.05) is 20.3 Å². The van der Waals surface area contributed by atoms with Gasteiger partial charge >= 0.3 is 0 Å². The summed E-state index contributed by atoms with van der Waals surface area (Å²) in [7, 11) is 1.20. The fourth-order valence-corrected chi connectivity index (χ4v) is 0.643. The Kier molecular flexibility index (Phi) is 5.52. The summed E-state index contributed by atoms with van der Waals surface area (Å²) in [5.74, 6) is 0. The van der Waals surface area contributed by atoms with Gasteiger partial charge in [0.25, 0.3) is 6.04 Å². The highest BCUT2D eigenvalue weighted by atomic mass is 16.7. The van der Waals surface area contributed by atoms with Crippen LogP contribution in [0, 0.1) is 10.1 Å². The third kappa shape index (κ3) is 3.61. The van der Waals surface area contributed by atoms with Crippen molar-refractivity contribution in [2.24, 2.45) is 0 Å². The molecule has 6 nitrogen and oxygen atoms in total. The molecule has 0 aliphatic carbocycles. The number of nitrogens with zero attached hydrogens (tertiary/aromatic N) is 1. The smallest absolute Gasteiger partial charge is 0.285 e. The third-order valence-corrected chi connectivity index (χ3v) is 1.33. The SMILES string of the molecule is CCOC[C@@H]([C@@H](O)OC)[N+](=O)[O-]. The largest absolute Gasteiger partial charge is 0.374 e. The normalized spacial score (nSPS) is 15.6. The van der Waals surface area contributed by atoms with Crippen molar-refractivity contribution in [1.82, 2.24) is 0 Å². The first-order valence-corrected chi connectivity index (χ1v) is 3.55. The van der Waals surface area contributed by atoms with Gasteiger partial charge in [0.15, 0.2) is 0 Å². The quantitative estimate of drug-likeness (QED) is 0.342. The van der Waals surface area contributed by atoms with Crippen molar-refractivity contribution in [1.29, 1.82) is 0 Å². The van der Waals surface area contributed by atoms with Crippen molar-refractivity contribution < 1.29 is 19.5 Å². The summed E-state index contributed by atoms with van der Waals surface area (Å²) in [6.07, 6.45) is -1.41. The van der Waals surface area contributed by atoms with E-state index in [1.54, 1.807) is 6.92 Å². The number of nitro groups is 1. The van der Waals surface area contributed by atoms with E-state index in [1.165, 1.54) is 7.11 Å². The Morgan fingerprint density at radius 1 is 1.67 bits per heavy atom. The van der Waals surface area contributed by atoms with Crippen LogP contribution in [0.5, 0.6) is 0 Å². The van der Waals surface area contributed by atoms with Crippen LogP contribution in [-0.2, 0) is 9.47 Å². The topological polar surface area (TPSA) is 81.8 Å². The number of methoxy groups -OCH3 is 1. The Morgan fingerprint density at radius 2 is 2.25 bits per heavy atom. The monoisotopic (exact) mass is 179 g/mol. The summed E-state index contributed by atoms with van der Waals surface area (Å²) >= 11 is 0. The van der Waals surface area contributed by atoms with Gasteiger partial charge in [0.1, 0.15) is 6.61 Å². The predicted octanol–water partition coefficient (Wildman–Crippen LogP) is -0.367. The maximum Gasteiger partial charge on any atom is 0.285 e.